The highest BCUT2D eigenvalue weighted by Crippen LogP contribution is 2.39. The lowest BCUT2D eigenvalue weighted by atomic mass is 9.94. The summed E-state index contributed by atoms with van der Waals surface area (Å²) in [5, 5.41) is 10.8. The number of anilines is 2. The van der Waals surface area contributed by atoms with Crippen molar-refractivity contribution < 1.29 is 14.3 Å². The fraction of sp³-hybridized carbons (Fsp3) is 0.258. The Morgan fingerprint density at radius 3 is 2.56 bits per heavy atom. The Morgan fingerprint density at radius 1 is 1.00 bits per heavy atom. The van der Waals surface area contributed by atoms with Crippen molar-refractivity contribution in [3.63, 3.8) is 0 Å². The molecule has 0 radical (unpaired) electrons. The molecule has 1 aliphatic heterocycles. The van der Waals surface area contributed by atoms with Crippen LogP contribution < -0.4 is 20.1 Å². The standard InChI is InChI=1S/C31H33N5O3/c1-6-38-27-16-24(14-15-26(27)39-17-23-12-10-19(2)11-13-23)29-28(22(5)34-31-32-18-33-36(29)31)30(37)35-25-9-7-8-20(3)21(25)4/h7-16,18,29H,6,17H2,1-5H3,(H,35,37)(H,32,33,34). The Bertz CT molecular complexity index is 1540. The van der Waals surface area contributed by atoms with Crippen LogP contribution in [0.3, 0.4) is 0 Å². The first-order chi connectivity index (χ1) is 18.9. The molecular formula is C31H33N5O3. The number of nitrogens with zero attached hydrogens (tertiary/aromatic N) is 3. The molecule has 1 aromatic heterocycles. The maximum Gasteiger partial charge on any atom is 0.255 e. The Hall–Kier alpha value is -4.59. The summed E-state index contributed by atoms with van der Waals surface area (Å²) < 4.78 is 13.9. The van der Waals surface area contributed by atoms with E-state index in [2.05, 4.69) is 51.9 Å². The van der Waals surface area contributed by atoms with Gasteiger partial charge in [-0.2, -0.15) is 10.1 Å². The van der Waals surface area contributed by atoms with Gasteiger partial charge in [-0.25, -0.2) is 4.68 Å². The minimum Gasteiger partial charge on any atom is -0.490 e. The van der Waals surface area contributed by atoms with Gasteiger partial charge in [0, 0.05) is 11.4 Å². The van der Waals surface area contributed by atoms with Crippen LogP contribution in [0.2, 0.25) is 0 Å². The van der Waals surface area contributed by atoms with Crippen molar-refractivity contribution in [3.8, 4) is 11.5 Å². The largest absolute Gasteiger partial charge is 0.490 e. The first-order valence-electron chi connectivity index (χ1n) is 13.1. The van der Waals surface area contributed by atoms with E-state index in [4.69, 9.17) is 9.47 Å². The number of hydrogen-bond donors (Lipinski definition) is 2. The van der Waals surface area contributed by atoms with Crippen molar-refractivity contribution in [2.45, 2.75) is 47.3 Å². The smallest absolute Gasteiger partial charge is 0.255 e. The molecule has 0 saturated carbocycles. The summed E-state index contributed by atoms with van der Waals surface area (Å²) in [6.45, 7) is 10.8. The third-order valence-electron chi connectivity index (χ3n) is 6.99. The van der Waals surface area contributed by atoms with Crippen molar-refractivity contribution in [2.75, 3.05) is 17.2 Å². The molecule has 1 unspecified atom stereocenters. The Labute approximate surface area is 228 Å². The van der Waals surface area contributed by atoms with Gasteiger partial charge in [0.25, 0.3) is 5.91 Å². The van der Waals surface area contributed by atoms with Crippen LogP contribution in [0.5, 0.6) is 11.5 Å². The lowest BCUT2D eigenvalue weighted by Crippen LogP contribution is -2.31. The molecule has 3 aromatic carbocycles. The van der Waals surface area contributed by atoms with Gasteiger partial charge in [0.1, 0.15) is 19.0 Å². The second-order valence-corrected chi connectivity index (χ2v) is 9.71. The molecule has 8 nitrogen and oxygen atoms in total. The van der Waals surface area contributed by atoms with E-state index in [1.165, 1.54) is 11.9 Å². The van der Waals surface area contributed by atoms with Crippen LogP contribution in [0.4, 0.5) is 11.6 Å². The number of benzene rings is 3. The van der Waals surface area contributed by atoms with Crippen molar-refractivity contribution in [1.29, 1.82) is 0 Å². The van der Waals surface area contributed by atoms with Crippen molar-refractivity contribution in [1.82, 2.24) is 14.8 Å². The molecule has 0 fully saturated rings. The number of rotatable bonds is 8. The van der Waals surface area contributed by atoms with Crippen LogP contribution in [-0.2, 0) is 11.4 Å². The van der Waals surface area contributed by atoms with Gasteiger partial charge in [-0.05, 0) is 75.1 Å². The first kappa shape index (κ1) is 26.0. The van der Waals surface area contributed by atoms with Crippen LogP contribution >= 0.6 is 0 Å². The van der Waals surface area contributed by atoms with Gasteiger partial charge in [-0.3, -0.25) is 4.79 Å². The minimum atomic E-state index is -0.515. The van der Waals surface area contributed by atoms with Gasteiger partial charge in [0.05, 0.1) is 12.2 Å². The zero-order chi connectivity index (χ0) is 27.5. The molecule has 1 atom stereocenters. The monoisotopic (exact) mass is 523 g/mol. The normalized spacial score (nSPS) is 14.4. The van der Waals surface area contributed by atoms with Crippen LogP contribution in [0.15, 0.2) is 78.3 Å². The lowest BCUT2D eigenvalue weighted by molar-refractivity contribution is -0.113. The molecule has 5 rings (SSSR count). The molecule has 4 aromatic rings. The number of hydrogen-bond acceptors (Lipinski definition) is 6. The summed E-state index contributed by atoms with van der Waals surface area (Å²) in [5.41, 5.74) is 7.27. The zero-order valence-corrected chi connectivity index (χ0v) is 22.9. The molecule has 1 amide bonds. The quantitative estimate of drug-likeness (QED) is 0.290. The molecule has 2 N–H and O–H groups in total. The molecule has 0 aliphatic carbocycles. The SMILES string of the molecule is CCOc1cc(C2C(C(=O)Nc3cccc(C)c3C)=C(C)Nc3ncnn32)ccc1OCc1ccc(C)cc1. The van der Waals surface area contributed by atoms with Gasteiger partial charge in [-0.15, -0.1) is 0 Å². The Kier molecular flexibility index (Phi) is 7.36. The van der Waals surface area contributed by atoms with Gasteiger partial charge in [-0.1, -0.05) is 48.0 Å². The fourth-order valence-electron chi connectivity index (χ4n) is 4.70. The van der Waals surface area contributed by atoms with E-state index in [9.17, 15) is 4.79 Å². The molecular weight excluding hydrogens is 490 g/mol. The number of carbonyl (C=O) groups excluding carboxylic acids is 1. The molecule has 0 bridgehead atoms. The van der Waals surface area contributed by atoms with Crippen molar-refractivity contribution >= 4 is 17.5 Å². The van der Waals surface area contributed by atoms with E-state index in [0.29, 0.717) is 41.9 Å². The Morgan fingerprint density at radius 2 is 1.79 bits per heavy atom. The Balaban J connectivity index is 1.49. The van der Waals surface area contributed by atoms with Crippen molar-refractivity contribution in [3.05, 3.63) is 106 Å². The molecule has 200 valence electrons. The van der Waals surface area contributed by atoms with E-state index < -0.39 is 6.04 Å². The molecule has 8 heteroatoms. The van der Waals surface area contributed by atoms with Crippen LogP contribution in [-0.4, -0.2) is 27.3 Å². The summed E-state index contributed by atoms with van der Waals surface area (Å²) >= 11 is 0. The van der Waals surface area contributed by atoms with Crippen LogP contribution in [0, 0.1) is 20.8 Å². The fourth-order valence-corrected chi connectivity index (χ4v) is 4.70. The number of aryl methyl sites for hydroxylation is 2. The third-order valence-corrected chi connectivity index (χ3v) is 6.99. The molecule has 1 aliphatic rings. The average Bonchev–Trinajstić information content (AvgIpc) is 3.39. The molecule has 0 saturated heterocycles. The molecule has 39 heavy (non-hydrogen) atoms. The van der Waals surface area contributed by atoms with Gasteiger partial charge in [0.15, 0.2) is 11.5 Å². The van der Waals surface area contributed by atoms with Crippen molar-refractivity contribution in [2.24, 2.45) is 0 Å². The number of amides is 1. The summed E-state index contributed by atoms with van der Waals surface area (Å²) in [7, 11) is 0. The van der Waals surface area contributed by atoms with Gasteiger partial charge in [0.2, 0.25) is 5.95 Å². The van der Waals surface area contributed by atoms with E-state index in [0.717, 1.165) is 27.9 Å². The second-order valence-electron chi connectivity index (χ2n) is 9.71. The van der Waals surface area contributed by atoms with Gasteiger partial charge >= 0.3 is 0 Å². The minimum absolute atomic E-state index is 0.211. The third kappa shape index (κ3) is 5.36. The number of aromatic nitrogens is 3. The number of nitrogens with one attached hydrogen (secondary N) is 2. The number of ether oxygens (including phenoxy) is 2. The number of fused-ring (bicyclic) bond motifs is 1. The second kappa shape index (κ2) is 11.0. The zero-order valence-electron chi connectivity index (χ0n) is 22.9. The van der Waals surface area contributed by atoms with E-state index in [1.54, 1.807) is 4.68 Å². The number of allylic oxidation sites excluding steroid dienone is 1. The van der Waals surface area contributed by atoms with Gasteiger partial charge < -0.3 is 20.1 Å². The predicted octanol–water partition coefficient (Wildman–Crippen LogP) is 6.11. The summed E-state index contributed by atoms with van der Waals surface area (Å²) in [6.07, 6.45) is 1.48. The topological polar surface area (TPSA) is 90.3 Å². The van der Waals surface area contributed by atoms with Crippen LogP contribution in [0.25, 0.3) is 0 Å². The first-order valence-corrected chi connectivity index (χ1v) is 13.1. The molecule has 0 spiro atoms. The summed E-state index contributed by atoms with van der Waals surface area (Å²) in [6, 6.07) is 19.4. The average molecular weight is 524 g/mol. The highest BCUT2D eigenvalue weighted by Gasteiger charge is 2.34. The molecule has 2 heterocycles. The predicted molar refractivity (Wildman–Crippen MR) is 152 cm³/mol. The lowest BCUT2D eigenvalue weighted by Gasteiger charge is -2.29. The maximum atomic E-state index is 13.8. The highest BCUT2D eigenvalue weighted by molar-refractivity contribution is 6.06. The maximum absolute atomic E-state index is 13.8. The van der Waals surface area contributed by atoms with E-state index in [1.807, 2.05) is 64.1 Å². The summed E-state index contributed by atoms with van der Waals surface area (Å²) in [4.78, 5) is 18.1. The van der Waals surface area contributed by atoms with E-state index >= 15 is 0 Å². The van der Waals surface area contributed by atoms with E-state index in [-0.39, 0.29) is 5.91 Å². The summed E-state index contributed by atoms with van der Waals surface area (Å²) in [5.74, 6) is 1.60. The highest BCUT2D eigenvalue weighted by atomic mass is 16.5. The van der Waals surface area contributed by atoms with Crippen LogP contribution in [0.1, 0.15) is 47.7 Å². The number of carbonyl (C=O) groups is 1.